The maximum atomic E-state index is 12.8. The van der Waals surface area contributed by atoms with Crippen molar-refractivity contribution in [3.8, 4) is 0 Å². The third-order valence-electron chi connectivity index (χ3n) is 4.16. The van der Waals surface area contributed by atoms with Crippen molar-refractivity contribution >= 4 is 28.3 Å². The lowest BCUT2D eigenvalue weighted by Crippen LogP contribution is -2.42. The lowest BCUT2D eigenvalue weighted by atomic mass is 9.99. The molecule has 104 valence electrons. The molecule has 2 aromatic carbocycles. The number of rotatable bonds is 1. The molecular formula is C17H18ClNO. The number of piperidine rings is 1. The molecule has 0 radical (unpaired) electrons. The number of hydrogen-bond donors (Lipinski definition) is 0. The molecule has 1 heterocycles. The second-order valence-electron chi connectivity index (χ2n) is 5.48. The van der Waals surface area contributed by atoms with E-state index in [1.54, 1.807) is 0 Å². The van der Waals surface area contributed by atoms with E-state index in [0.29, 0.717) is 11.1 Å². The Kier molecular flexibility index (Phi) is 3.66. The molecule has 0 unspecified atom stereocenters. The molecule has 2 aromatic rings. The van der Waals surface area contributed by atoms with E-state index in [0.717, 1.165) is 35.7 Å². The summed E-state index contributed by atoms with van der Waals surface area (Å²) in [5, 5.41) is 2.59. The molecule has 0 spiro atoms. The number of carbonyl (C=O) groups is 1. The number of hydrogen-bond acceptors (Lipinski definition) is 1. The monoisotopic (exact) mass is 287 g/mol. The van der Waals surface area contributed by atoms with Crippen molar-refractivity contribution in [1.82, 2.24) is 4.90 Å². The van der Waals surface area contributed by atoms with Crippen LogP contribution in [0.3, 0.4) is 0 Å². The standard InChI is InChI=1S/C17H18ClNO/c1-12-6-2-3-11-19(12)17(20)15-9-4-8-14-13(15)7-5-10-16(14)18/h4-5,7-10,12H,2-3,6,11H2,1H3/t12-/m1/s1. The predicted molar refractivity (Wildman–Crippen MR) is 83.3 cm³/mol. The molecule has 0 aromatic heterocycles. The van der Waals surface area contributed by atoms with Gasteiger partial charge in [0.05, 0.1) is 0 Å². The Morgan fingerprint density at radius 3 is 2.70 bits per heavy atom. The van der Waals surface area contributed by atoms with E-state index in [1.165, 1.54) is 6.42 Å². The van der Waals surface area contributed by atoms with Gasteiger partial charge in [0.2, 0.25) is 0 Å². The van der Waals surface area contributed by atoms with E-state index >= 15 is 0 Å². The number of likely N-dealkylation sites (tertiary alicyclic amines) is 1. The third-order valence-corrected chi connectivity index (χ3v) is 4.49. The van der Waals surface area contributed by atoms with Gasteiger partial charge in [0.25, 0.3) is 5.91 Å². The lowest BCUT2D eigenvalue weighted by molar-refractivity contribution is 0.0637. The number of amides is 1. The first-order valence-electron chi connectivity index (χ1n) is 7.16. The second-order valence-corrected chi connectivity index (χ2v) is 5.89. The zero-order valence-electron chi connectivity index (χ0n) is 11.6. The maximum absolute atomic E-state index is 12.8. The Balaban J connectivity index is 2.05. The Labute approximate surface area is 124 Å². The molecule has 1 aliphatic rings. The zero-order valence-corrected chi connectivity index (χ0v) is 12.4. The van der Waals surface area contributed by atoms with E-state index in [2.05, 4.69) is 6.92 Å². The first-order chi connectivity index (χ1) is 9.68. The average molecular weight is 288 g/mol. The maximum Gasteiger partial charge on any atom is 0.254 e. The SMILES string of the molecule is C[C@@H]1CCCCN1C(=O)c1cccc2c(Cl)cccc12. The molecule has 1 atom stereocenters. The molecule has 1 aliphatic heterocycles. The van der Waals surface area contributed by atoms with Gasteiger partial charge in [-0.2, -0.15) is 0 Å². The Morgan fingerprint density at radius 1 is 1.15 bits per heavy atom. The molecule has 0 N–H and O–H groups in total. The van der Waals surface area contributed by atoms with Crippen LogP contribution in [0, 0.1) is 0 Å². The Hall–Kier alpha value is -1.54. The van der Waals surface area contributed by atoms with Crippen LogP contribution >= 0.6 is 11.6 Å². The molecule has 20 heavy (non-hydrogen) atoms. The smallest absolute Gasteiger partial charge is 0.254 e. The van der Waals surface area contributed by atoms with Gasteiger partial charge >= 0.3 is 0 Å². The molecule has 0 bridgehead atoms. The Bertz CT molecular complexity index is 652. The molecule has 1 fully saturated rings. The largest absolute Gasteiger partial charge is 0.336 e. The fourth-order valence-electron chi connectivity index (χ4n) is 3.01. The molecule has 3 rings (SSSR count). The van der Waals surface area contributed by atoms with E-state index in [9.17, 15) is 4.79 Å². The third kappa shape index (κ3) is 2.29. The summed E-state index contributed by atoms with van der Waals surface area (Å²) in [4.78, 5) is 14.8. The van der Waals surface area contributed by atoms with Crippen molar-refractivity contribution in [3.05, 3.63) is 47.0 Å². The number of nitrogens with zero attached hydrogens (tertiary/aromatic N) is 1. The van der Waals surface area contributed by atoms with Crippen LogP contribution in [0.4, 0.5) is 0 Å². The number of carbonyl (C=O) groups excluding carboxylic acids is 1. The minimum atomic E-state index is 0.130. The van der Waals surface area contributed by atoms with Crippen molar-refractivity contribution in [2.75, 3.05) is 6.54 Å². The van der Waals surface area contributed by atoms with Gasteiger partial charge in [0, 0.05) is 28.6 Å². The fourth-order valence-corrected chi connectivity index (χ4v) is 3.25. The van der Waals surface area contributed by atoms with Gasteiger partial charge in [-0.15, -0.1) is 0 Å². The van der Waals surface area contributed by atoms with Gasteiger partial charge in [-0.25, -0.2) is 0 Å². The second kappa shape index (κ2) is 5.45. The van der Waals surface area contributed by atoms with Crippen LogP contribution in [0.1, 0.15) is 36.5 Å². The minimum absolute atomic E-state index is 0.130. The van der Waals surface area contributed by atoms with Crippen LogP contribution in [0.15, 0.2) is 36.4 Å². The van der Waals surface area contributed by atoms with Crippen molar-refractivity contribution in [1.29, 1.82) is 0 Å². The van der Waals surface area contributed by atoms with Crippen LogP contribution < -0.4 is 0 Å². The van der Waals surface area contributed by atoms with Crippen LogP contribution in [-0.4, -0.2) is 23.4 Å². The van der Waals surface area contributed by atoms with Gasteiger partial charge < -0.3 is 4.90 Å². The summed E-state index contributed by atoms with van der Waals surface area (Å²) in [5.74, 6) is 0.130. The van der Waals surface area contributed by atoms with Crippen LogP contribution in [0.2, 0.25) is 5.02 Å². The molecule has 1 amide bonds. The van der Waals surface area contributed by atoms with Gasteiger partial charge in [-0.1, -0.05) is 35.9 Å². The average Bonchev–Trinajstić information content (AvgIpc) is 2.47. The summed E-state index contributed by atoms with van der Waals surface area (Å²) >= 11 is 6.22. The summed E-state index contributed by atoms with van der Waals surface area (Å²) in [6.45, 7) is 2.99. The van der Waals surface area contributed by atoms with Crippen molar-refractivity contribution < 1.29 is 4.79 Å². The highest BCUT2D eigenvalue weighted by Crippen LogP contribution is 2.28. The van der Waals surface area contributed by atoms with Crippen LogP contribution in [0.25, 0.3) is 10.8 Å². The van der Waals surface area contributed by atoms with Crippen molar-refractivity contribution in [2.45, 2.75) is 32.2 Å². The first-order valence-corrected chi connectivity index (χ1v) is 7.54. The number of halogens is 1. The van der Waals surface area contributed by atoms with E-state index in [1.807, 2.05) is 41.3 Å². The topological polar surface area (TPSA) is 20.3 Å². The van der Waals surface area contributed by atoms with Gasteiger partial charge in [0.15, 0.2) is 0 Å². The lowest BCUT2D eigenvalue weighted by Gasteiger charge is -2.33. The quantitative estimate of drug-likeness (QED) is 0.756. The van der Waals surface area contributed by atoms with E-state index in [4.69, 9.17) is 11.6 Å². The number of fused-ring (bicyclic) bond motifs is 1. The summed E-state index contributed by atoms with van der Waals surface area (Å²) < 4.78 is 0. The highest BCUT2D eigenvalue weighted by molar-refractivity contribution is 6.36. The fraction of sp³-hybridized carbons (Fsp3) is 0.353. The summed E-state index contributed by atoms with van der Waals surface area (Å²) in [6.07, 6.45) is 3.41. The molecule has 3 heteroatoms. The molecule has 0 aliphatic carbocycles. The minimum Gasteiger partial charge on any atom is -0.336 e. The first kappa shape index (κ1) is 13.4. The molecule has 0 saturated carbocycles. The summed E-state index contributed by atoms with van der Waals surface area (Å²) in [5.41, 5.74) is 0.763. The van der Waals surface area contributed by atoms with E-state index < -0.39 is 0 Å². The van der Waals surface area contributed by atoms with Crippen LogP contribution in [0.5, 0.6) is 0 Å². The highest BCUT2D eigenvalue weighted by Gasteiger charge is 2.25. The molecular weight excluding hydrogens is 270 g/mol. The Morgan fingerprint density at radius 2 is 1.90 bits per heavy atom. The van der Waals surface area contributed by atoms with Crippen molar-refractivity contribution in [2.24, 2.45) is 0 Å². The summed E-state index contributed by atoms with van der Waals surface area (Å²) in [6, 6.07) is 11.9. The number of benzene rings is 2. The summed E-state index contributed by atoms with van der Waals surface area (Å²) in [7, 11) is 0. The normalized spacial score (nSPS) is 19.3. The van der Waals surface area contributed by atoms with Gasteiger partial charge in [-0.3, -0.25) is 4.79 Å². The molecule has 1 saturated heterocycles. The van der Waals surface area contributed by atoms with Gasteiger partial charge in [-0.05, 0) is 43.7 Å². The zero-order chi connectivity index (χ0) is 14.1. The van der Waals surface area contributed by atoms with Crippen molar-refractivity contribution in [3.63, 3.8) is 0 Å². The van der Waals surface area contributed by atoms with Crippen LogP contribution in [-0.2, 0) is 0 Å². The molecule has 2 nitrogen and oxygen atoms in total. The predicted octanol–water partition coefficient (Wildman–Crippen LogP) is 4.51. The van der Waals surface area contributed by atoms with E-state index in [-0.39, 0.29) is 5.91 Å². The highest BCUT2D eigenvalue weighted by atomic mass is 35.5. The van der Waals surface area contributed by atoms with Gasteiger partial charge in [0.1, 0.15) is 0 Å².